The number of carboxylic acid groups (broad SMARTS) is 1. The molecule has 11 nitrogen and oxygen atoms in total. The Morgan fingerprint density at radius 1 is 1.19 bits per heavy atom. The molecule has 0 saturated carbocycles. The van der Waals surface area contributed by atoms with Crippen molar-refractivity contribution in [1.82, 2.24) is 15.6 Å². The van der Waals surface area contributed by atoms with Gasteiger partial charge in [0.05, 0.1) is 12.3 Å². The maximum atomic E-state index is 13.1. The Kier molecular flexibility index (Phi) is 10.8. The van der Waals surface area contributed by atoms with Crippen molar-refractivity contribution in [1.29, 1.82) is 0 Å². The molecule has 2 aromatic rings. The van der Waals surface area contributed by atoms with E-state index in [0.717, 1.165) is 6.26 Å². The number of guanidine groups is 1. The van der Waals surface area contributed by atoms with Gasteiger partial charge in [-0.05, 0) is 42.9 Å². The van der Waals surface area contributed by atoms with Crippen LogP contribution in [0.15, 0.2) is 39.9 Å². The highest BCUT2D eigenvalue weighted by molar-refractivity contribution is 5.94. The molecule has 1 aromatic carbocycles. The Labute approximate surface area is 208 Å². The summed E-state index contributed by atoms with van der Waals surface area (Å²) in [6.45, 7) is 4.47. The number of carbonyl (C=O) groups is 3. The lowest BCUT2D eigenvalue weighted by molar-refractivity contribution is -0.139. The molecule has 0 radical (unpaired) electrons. The van der Waals surface area contributed by atoms with Crippen molar-refractivity contribution >= 4 is 23.7 Å². The molecule has 2 atom stereocenters. The number of nitrogens with zero attached hydrogens (tertiary/aromatic N) is 2. The zero-order chi connectivity index (χ0) is 26.7. The number of amides is 2. The van der Waals surface area contributed by atoms with Crippen LogP contribution in [0.1, 0.15) is 61.0 Å². The summed E-state index contributed by atoms with van der Waals surface area (Å²) in [4.78, 5) is 44.5. The maximum Gasteiger partial charge on any atom is 0.326 e. The molecule has 0 saturated heterocycles. The zero-order valence-corrected chi connectivity index (χ0v) is 20.4. The van der Waals surface area contributed by atoms with Crippen molar-refractivity contribution < 1.29 is 28.3 Å². The summed E-state index contributed by atoms with van der Waals surface area (Å²) in [5, 5.41) is 14.7. The quantitative estimate of drug-likeness (QED) is 0.146. The molecule has 196 valence electrons. The second-order valence-electron chi connectivity index (χ2n) is 8.82. The highest BCUT2D eigenvalue weighted by Crippen LogP contribution is 2.23. The summed E-state index contributed by atoms with van der Waals surface area (Å²) >= 11 is 0. The van der Waals surface area contributed by atoms with Crippen LogP contribution in [0, 0.1) is 11.7 Å². The number of aliphatic carboxylic acids is 1. The van der Waals surface area contributed by atoms with E-state index in [9.17, 15) is 23.9 Å². The SMILES string of the molecule is CC(C)CC(CNC(=O)Cc1ccc(F)cc1)c1nc(C(=O)NC(CCCN=C(N)N)C(=O)O)co1. The number of hydrogen-bond acceptors (Lipinski definition) is 6. The van der Waals surface area contributed by atoms with E-state index in [1.165, 1.54) is 12.1 Å². The third kappa shape index (κ3) is 9.72. The average molecular weight is 505 g/mol. The summed E-state index contributed by atoms with van der Waals surface area (Å²) in [6.07, 6.45) is 2.36. The van der Waals surface area contributed by atoms with Gasteiger partial charge in [0.15, 0.2) is 17.5 Å². The van der Waals surface area contributed by atoms with E-state index in [1.807, 2.05) is 13.8 Å². The lowest BCUT2D eigenvalue weighted by Gasteiger charge is -2.16. The standard InChI is InChI=1S/C24H33FN6O5/c1-14(2)10-16(12-29-20(32)11-15-5-7-17(25)8-6-15)22-31-19(13-36-22)21(33)30-18(23(34)35)4-3-9-28-24(26)27/h5-8,13-14,16,18H,3-4,9-12H2,1-2H3,(H,29,32)(H,30,33)(H,34,35)(H4,26,27,28). The number of oxazole rings is 1. The average Bonchev–Trinajstić information content (AvgIpc) is 3.30. The topological polar surface area (TPSA) is 186 Å². The zero-order valence-electron chi connectivity index (χ0n) is 20.4. The van der Waals surface area contributed by atoms with Crippen molar-refractivity contribution in [2.24, 2.45) is 22.4 Å². The van der Waals surface area contributed by atoms with Crippen LogP contribution in [0.25, 0.3) is 0 Å². The predicted molar refractivity (Wildman–Crippen MR) is 131 cm³/mol. The third-order valence-corrected chi connectivity index (χ3v) is 5.23. The van der Waals surface area contributed by atoms with Crippen LogP contribution in [0.2, 0.25) is 0 Å². The van der Waals surface area contributed by atoms with E-state index in [0.29, 0.717) is 18.4 Å². The van der Waals surface area contributed by atoms with Crippen molar-refractivity contribution in [2.45, 2.75) is 51.5 Å². The van der Waals surface area contributed by atoms with Gasteiger partial charge in [-0.25, -0.2) is 14.2 Å². The first-order chi connectivity index (χ1) is 17.0. The maximum absolute atomic E-state index is 13.1. The molecule has 7 N–H and O–H groups in total. The first kappa shape index (κ1) is 28.3. The van der Waals surface area contributed by atoms with Gasteiger partial charge in [-0.3, -0.25) is 14.6 Å². The lowest BCUT2D eigenvalue weighted by Crippen LogP contribution is -2.41. The van der Waals surface area contributed by atoms with Crippen LogP contribution < -0.4 is 22.1 Å². The molecule has 0 spiro atoms. The summed E-state index contributed by atoms with van der Waals surface area (Å²) in [5.74, 6) is -2.40. The molecule has 0 aliphatic rings. The van der Waals surface area contributed by atoms with Gasteiger partial charge in [0.1, 0.15) is 18.1 Å². The number of hydrogen-bond donors (Lipinski definition) is 5. The van der Waals surface area contributed by atoms with Gasteiger partial charge in [-0.2, -0.15) is 0 Å². The van der Waals surface area contributed by atoms with Gasteiger partial charge in [-0.15, -0.1) is 0 Å². The highest BCUT2D eigenvalue weighted by atomic mass is 19.1. The highest BCUT2D eigenvalue weighted by Gasteiger charge is 2.25. The van der Waals surface area contributed by atoms with Gasteiger partial charge < -0.3 is 31.6 Å². The molecule has 1 aromatic heterocycles. The van der Waals surface area contributed by atoms with E-state index in [2.05, 4.69) is 20.6 Å². The molecule has 2 unspecified atom stereocenters. The van der Waals surface area contributed by atoms with Crippen LogP contribution in [-0.2, 0) is 16.0 Å². The number of carbonyl (C=O) groups excluding carboxylic acids is 2. The van der Waals surface area contributed by atoms with Crippen LogP contribution in [-0.4, -0.2) is 53.0 Å². The summed E-state index contributed by atoms with van der Waals surface area (Å²) in [5.41, 5.74) is 11.1. The number of aliphatic imine (C=N–C) groups is 1. The van der Waals surface area contributed by atoms with Gasteiger partial charge in [0, 0.05) is 13.1 Å². The van der Waals surface area contributed by atoms with E-state index in [4.69, 9.17) is 15.9 Å². The number of nitrogens with two attached hydrogens (primary N) is 2. The van der Waals surface area contributed by atoms with Gasteiger partial charge in [-0.1, -0.05) is 26.0 Å². The normalized spacial score (nSPS) is 12.6. The molecule has 1 heterocycles. The molecule has 0 aliphatic carbocycles. The van der Waals surface area contributed by atoms with Crippen LogP contribution >= 0.6 is 0 Å². The van der Waals surface area contributed by atoms with E-state index in [1.54, 1.807) is 12.1 Å². The monoisotopic (exact) mass is 504 g/mol. The Morgan fingerprint density at radius 3 is 2.50 bits per heavy atom. The van der Waals surface area contributed by atoms with Crippen molar-refractivity contribution in [3.63, 3.8) is 0 Å². The first-order valence-corrected chi connectivity index (χ1v) is 11.6. The Morgan fingerprint density at radius 2 is 1.89 bits per heavy atom. The third-order valence-electron chi connectivity index (χ3n) is 5.23. The smallest absolute Gasteiger partial charge is 0.326 e. The number of rotatable bonds is 14. The summed E-state index contributed by atoms with van der Waals surface area (Å²) < 4.78 is 18.6. The van der Waals surface area contributed by atoms with Crippen molar-refractivity contribution in [3.8, 4) is 0 Å². The van der Waals surface area contributed by atoms with E-state index < -0.39 is 17.9 Å². The Hall–Kier alpha value is -3.96. The second-order valence-corrected chi connectivity index (χ2v) is 8.82. The fourth-order valence-corrected chi connectivity index (χ4v) is 3.50. The predicted octanol–water partition coefficient (Wildman–Crippen LogP) is 1.54. The molecular weight excluding hydrogens is 471 g/mol. The van der Waals surface area contributed by atoms with Gasteiger partial charge in [0.2, 0.25) is 5.91 Å². The van der Waals surface area contributed by atoms with Crippen molar-refractivity contribution in [2.75, 3.05) is 13.1 Å². The fraction of sp³-hybridized carbons (Fsp3) is 0.458. The molecule has 12 heteroatoms. The number of benzene rings is 1. The number of nitrogens with one attached hydrogen (secondary N) is 2. The van der Waals surface area contributed by atoms with Crippen LogP contribution in [0.4, 0.5) is 4.39 Å². The van der Waals surface area contributed by atoms with Gasteiger partial charge in [0.25, 0.3) is 5.91 Å². The van der Waals surface area contributed by atoms with Crippen molar-refractivity contribution in [3.05, 3.63) is 53.5 Å². The summed E-state index contributed by atoms with van der Waals surface area (Å²) in [7, 11) is 0. The first-order valence-electron chi connectivity index (χ1n) is 11.6. The lowest BCUT2D eigenvalue weighted by atomic mass is 9.96. The second kappa shape index (κ2) is 13.8. The minimum atomic E-state index is -1.20. The number of halogens is 1. The number of carboxylic acids is 1. The molecule has 36 heavy (non-hydrogen) atoms. The molecule has 0 bridgehead atoms. The Bertz CT molecular complexity index is 1050. The fourth-order valence-electron chi connectivity index (χ4n) is 3.50. The molecule has 0 fully saturated rings. The van der Waals surface area contributed by atoms with Crippen LogP contribution in [0.5, 0.6) is 0 Å². The number of aromatic nitrogens is 1. The molecule has 2 rings (SSSR count). The van der Waals surface area contributed by atoms with Crippen LogP contribution in [0.3, 0.4) is 0 Å². The largest absolute Gasteiger partial charge is 0.480 e. The van der Waals surface area contributed by atoms with E-state index >= 15 is 0 Å². The molecular formula is C24H33FN6O5. The summed E-state index contributed by atoms with van der Waals surface area (Å²) in [6, 6.07) is 4.53. The van der Waals surface area contributed by atoms with Gasteiger partial charge >= 0.3 is 5.97 Å². The molecule has 0 aliphatic heterocycles. The van der Waals surface area contributed by atoms with E-state index in [-0.39, 0.29) is 67.0 Å². The minimum absolute atomic E-state index is 0.0631. The Balaban J connectivity index is 1.99. The minimum Gasteiger partial charge on any atom is -0.480 e. The molecule has 2 amide bonds.